The second-order valence-corrected chi connectivity index (χ2v) is 6.56. The lowest BCUT2D eigenvalue weighted by Gasteiger charge is -2.15. The Labute approximate surface area is 166 Å². The number of methoxy groups -OCH3 is 1. The summed E-state index contributed by atoms with van der Waals surface area (Å²) in [4.78, 5) is 35.5. The Hall–Kier alpha value is -3.75. The Bertz CT molecular complexity index is 974. The minimum Gasteiger partial charge on any atom is -0.490 e. The van der Waals surface area contributed by atoms with Crippen molar-refractivity contribution in [3.63, 3.8) is 0 Å². The van der Waals surface area contributed by atoms with Gasteiger partial charge in [0.15, 0.2) is 5.75 Å². The Balaban J connectivity index is 1.78. The van der Waals surface area contributed by atoms with Crippen LogP contribution in [0, 0.1) is 16.0 Å². The van der Waals surface area contributed by atoms with Crippen LogP contribution in [0.3, 0.4) is 0 Å². The molecule has 2 amide bonds. The van der Waals surface area contributed by atoms with Crippen LogP contribution in [0.5, 0.6) is 5.75 Å². The molecule has 0 radical (unpaired) electrons. The van der Waals surface area contributed by atoms with E-state index < -0.39 is 16.7 Å². The molecule has 2 N–H and O–H groups in total. The molecule has 0 aromatic heterocycles. The SMILES string of the molecule is COc1ccc(/C(C)=N\NC(=O)[C@@H]2C(=O)NC[C@@H]2c2ccccc2)cc1[N+](=O)[O-]. The molecule has 0 saturated carbocycles. The van der Waals surface area contributed by atoms with Crippen LogP contribution in [-0.2, 0) is 9.59 Å². The van der Waals surface area contributed by atoms with E-state index >= 15 is 0 Å². The molecule has 0 spiro atoms. The molecule has 1 aliphatic heterocycles. The number of hydrazone groups is 1. The summed E-state index contributed by atoms with van der Waals surface area (Å²) in [6, 6.07) is 13.7. The van der Waals surface area contributed by atoms with Gasteiger partial charge in [0.1, 0.15) is 5.92 Å². The number of ether oxygens (including phenoxy) is 1. The quantitative estimate of drug-likeness (QED) is 0.334. The molecule has 0 unspecified atom stereocenters. The molecule has 0 aliphatic carbocycles. The lowest BCUT2D eigenvalue weighted by Crippen LogP contribution is -2.35. The summed E-state index contributed by atoms with van der Waals surface area (Å²) in [5, 5.41) is 17.9. The molecule has 1 aliphatic rings. The van der Waals surface area contributed by atoms with Crippen molar-refractivity contribution in [3.8, 4) is 5.75 Å². The number of amides is 2. The first-order valence-electron chi connectivity index (χ1n) is 8.92. The molecular weight excluding hydrogens is 376 g/mol. The second kappa shape index (κ2) is 8.51. The number of hydrogen-bond acceptors (Lipinski definition) is 6. The summed E-state index contributed by atoms with van der Waals surface area (Å²) in [6.45, 7) is 1.98. The van der Waals surface area contributed by atoms with Gasteiger partial charge in [-0.05, 0) is 24.6 Å². The van der Waals surface area contributed by atoms with Gasteiger partial charge in [0.05, 0.1) is 17.7 Å². The number of nitro benzene ring substituents is 1. The topological polar surface area (TPSA) is 123 Å². The average molecular weight is 396 g/mol. The fourth-order valence-electron chi connectivity index (χ4n) is 3.26. The smallest absolute Gasteiger partial charge is 0.311 e. The molecule has 0 bridgehead atoms. The van der Waals surface area contributed by atoms with Gasteiger partial charge in [0.2, 0.25) is 5.91 Å². The Morgan fingerprint density at radius 3 is 2.66 bits per heavy atom. The maximum absolute atomic E-state index is 12.6. The van der Waals surface area contributed by atoms with Gasteiger partial charge in [-0.3, -0.25) is 19.7 Å². The number of carbonyl (C=O) groups is 2. The highest BCUT2D eigenvalue weighted by atomic mass is 16.6. The molecule has 2 aromatic rings. The van der Waals surface area contributed by atoms with Gasteiger partial charge >= 0.3 is 5.69 Å². The zero-order valence-electron chi connectivity index (χ0n) is 15.9. The van der Waals surface area contributed by atoms with Gasteiger partial charge < -0.3 is 10.1 Å². The van der Waals surface area contributed by atoms with Gasteiger partial charge in [0, 0.05) is 24.1 Å². The lowest BCUT2D eigenvalue weighted by molar-refractivity contribution is -0.385. The van der Waals surface area contributed by atoms with Gasteiger partial charge in [0.25, 0.3) is 5.91 Å². The third kappa shape index (κ3) is 4.23. The number of hydrogen-bond donors (Lipinski definition) is 2. The summed E-state index contributed by atoms with van der Waals surface area (Å²) < 4.78 is 4.98. The number of nitrogens with one attached hydrogen (secondary N) is 2. The molecule has 2 atom stereocenters. The van der Waals surface area contributed by atoms with Crippen LogP contribution in [0.25, 0.3) is 0 Å². The molecule has 1 fully saturated rings. The number of benzene rings is 2. The Kier molecular flexibility index (Phi) is 5.87. The lowest BCUT2D eigenvalue weighted by atomic mass is 9.88. The fraction of sp³-hybridized carbons (Fsp3) is 0.250. The summed E-state index contributed by atoms with van der Waals surface area (Å²) >= 11 is 0. The third-order valence-electron chi connectivity index (χ3n) is 4.82. The maximum atomic E-state index is 12.6. The van der Waals surface area contributed by atoms with E-state index in [2.05, 4.69) is 15.8 Å². The molecule has 150 valence electrons. The van der Waals surface area contributed by atoms with Crippen molar-refractivity contribution in [1.82, 2.24) is 10.7 Å². The van der Waals surface area contributed by atoms with E-state index in [1.54, 1.807) is 13.0 Å². The zero-order valence-corrected chi connectivity index (χ0v) is 15.9. The van der Waals surface area contributed by atoms with Crippen molar-refractivity contribution in [3.05, 3.63) is 69.8 Å². The van der Waals surface area contributed by atoms with E-state index in [1.165, 1.54) is 19.2 Å². The average Bonchev–Trinajstić information content (AvgIpc) is 3.13. The van der Waals surface area contributed by atoms with Crippen molar-refractivity contribution in [2.45, 2.75) is 12.8 Å². The normalized spacial score (nSPS) is 18.8. The van der Waals surface area contributed by atoms with E-state index in [0.29, 0.717) is 17.8 Å². The summed E-state index contributed by atoms with van der Waals surface area (Å²) in [6.07, 6.45) is 0. The number of carbonyl (C=O) groups excluding carboxylic acids is 2. The second-order valence-electron chi connectivity index (χ2n) is 6.56. The largest absolute Gasteiger partial charge is 0.490 e. The van der Waals surface area contributed by atoms with Crippen molar-refractivity contribution in [2.24, 2.45) is 11.0 Å². The van der Waals surface area contributed by atoms with Gasteiger partial charge in [-0.15, -0.1) is 0 Å². The Morgan fingerprint density at radius 2 is 2.00 bits per heavy atom. The van der Waals surface area contributed by atoms with Crippen molar-refractivity contribution < 1.29 is 19.2 Å². The van der Waals surface area contributed by atoms with Crippen LogP contribution in [0.2, 0.25) is 0 Å². The zero-order chi connectivity index (χ0) is 21.0. The van der Waals surface area contributed by atoms with Crippen LogP contribution in [0.15, 0.2) is 53.6 Å². The van der Waals surface area contributed by atoms with Gasteiger partial charge in [-0.25, -0.2) is 5.43 Å². The molecule has 9 nitrogen and oxygen atoms in total. The number of nitro groups is 1. The van der Waals surface area contributed by atoms with E-state index in [0.717, 1.165) is 5.56 Å². The van der Waals surface area contributed by atoms with Crippen LogP contribution in [-0.4, -0.2) is 36.1 Å². The monoisotopic (exact) mass is 396 g/mol. The Morgan fingerprint density at radius 1 is 1.28 bits per heavy atom. The van der Waals surface area contributed by atoms with Crippen LogP contribution >= 0.6 is 0 Å². The molecular formula is C20H20N4O5. The van der Waals surface area contributed by atoms with Crippen LogP contribution in [0.4, 0.5) is 5.69 Å². The number of nitrogens with zero attached hydrogens (tertiary/aromatic N) is 2. The van der Waals surface area contributed by atoms with Crippen LogP contribution < -0.4 is 15.5 Å². The summed E-state index contributed by atoms with van der Waals surface area (Å²) in [5.41, 5.74) is 3.91. The van der Waals surface area contributed by atoms with Gasteiger partial charge in [-0.1, -0.05) is 30.3 Å². The highest BCUT2D eigenvalue weighted by molar-refractivity contribution is 6.04. The van der Waals surface area contributed by atoms with Crippen LogP contribution in [0.1, 0.15) is 24.0 Å². The first-order chi connectivity index (χ1) is 13.9. The van der Waals surface area contributed by atoms with Crippen molar-refractivity contribution in [1.29, 1.82) is 0 Å². The van der Waals surface area contributed by atoms with E-state index in [1.807, 2.05) is 30.3 Å². The van der Waals surface area contributed by atoms with Crippen molar-refractivity contribution >= 4 is 23.2 Å². The molecule has 29 heavy (non-hydrogen) atoms. The molecule has 2 aromatic carbocycles. The summed E-state index contributed by atoms with van der Waals surface area (Å²) in [7, 11) is 1.35. The predicted octanol–water partition coefficient (Wildman–Crippen LogP) is 1.97. The molecule has 3 rings (SSSR count). The predicted molar refractivity (Wildman–Crippen MR) is 106 cm³/mol. The minimum atomic E-state index is -0.904. The first kappa shape index (κ1) is 20.0. The summed E-state index contributed by atoms with van der Waals surface area (Å²) in [5.74, 6) is -1.95. The number of rotatable bonds is 6. The fourth-order valence-corrected chi connectivity index (χ4v) is 3.26. The molecule has 1 saturated heterocycles. The minimum absolute atomic E-state index is 0.129. The maximum Gasteiger partial charge on any atom is 0.311 e. The van der Waals surface area contributed by atoms with Crippen molar-refractivity contribution in [2.75, 3.05) is 13.7 Å². The molecule has 9 heteroatoms. The van der Waals surface area contributed by atoms with E-state index in [4.69, 9.17) is 4.74 Å². The van der Waals surface area contributed by atoms with E-state index in [-0.39, 0.29) is 23.3 Å². The standard InChI is InChI=1S/C20H20N4O5/c1-12(14-8-9-17(29-2)16(10-14)24(27)28)22-23-20(26)18-15(11-21-19(18)25)13-6-4-3-5-7-13/h3-10,15,18H,11H2,1-2H3,(H,21,25)(H,23,26)/b22-12-/t15-,18+/m1/s1. The molecule has 1 heterocycles. The highest BCUT2D eigenvalue weighted by Gasteiger charge is 2.41. The van der Waals surface area contributed by atoms with Gasteiger partial charge in [-0.2, -0.15) is 5.10 Å². The van der Waals surface area contributed by atoms with E-state index in [9.17, 15) is 19.7 Å². The first-order valence-corrected chi connectivity index (χ1v) is 8.92. The third-order valence-corrected chi connectivity index (χ3v) is 4.82. The highest BCUT2D eigenvalue weighted by Crippen LogP contribution is 2.29.